The molecule has 0 atom stereocenters. The minimum atomic E-state index is -3.36. The summed E-state index contributed by atoms with van der Waals surface area (Å²) < 4.78 is 25.3. The molecule has 0 aliphatic heterocycles. The van der Waals surface area contributed by atoms with Gasteiger partial charge in [-0.3, -0.25) is 4.72 Å². The van der Waals surface area contributed by atoms with E-state index in [-0.39, 0.29) is 0 Å². The van der Waals surface area contributed by atoms with Crippen molar-refractivity contribution in [1.82, 2.24) is 0 Å². The third-order valence-corrected chi connectivity index (χ3v) is 4.76. The molecule has 2 aromatic rings. The number of nitrogens with one attached hydrogen (secondary N) is 1. The molecule has 0 saturated heterocycles. The molecule has 1 fully saturated rings. The van der Waals surface area contributed by atoms with Gasteiger partial charge in [0.05, 0.1) is 11.8 Å². The van der Waals surface area contributed by atoms with Gasteiger partial charge in [0, 0.05) is 5.69 Å². The quantitative estimate of drug-likeness (QED) is 0.867. The van der Waals surface area contributed by atoms with Crippen molar-refractivity contribution in [2.45, 2.75) is 25.7 Å². The van der Waals surface area contributed by atoms with E-state index >= 15 is 0 Å². The number of rotatable bonds is 5. The van der Waals surface area contributed by atoms with Crippen LogP contribution in [0.4, 0.5) is 5.69 Å². The number of anilines is 1. The number of hydrogen-bond acceptors (Lipinski definition) is 3. The number of sulfonamides is 1. The average Bonchev–Trinajstić information content (AvgIpc) is 3.32. The molecule has 1 aliphatic carbocycles. The maximum absolute atomic E-state index is 11.6. The van der Waals surface area contributed by atoms with Crippen LogP contribution in [-0.4, -0.2) is 25.7 Å². The normalized spacial score (nSPS) is 14.4. The molecular weight excluding hydrogens is 326 g/mol. The molecule has 2 aromatic carbocycles. The highest BCUT2D eigenvalue weighted by molar-refractivity contribution is 7.92. The van der Waals surface area contributed by atoms with E-state index in [1.807, 2.05) is 25.1 Å². The third kappa shape index (κ3) is 3.59. The lowest BCUT2D eigenvalue weighted by molar-refractivity contribution is 0.0695. The van der Waals surface area contributed by atoms with Gasteiger partial charge in [-0.1, -0.05) is 18.2 Å². The molecule has 0 unspecified atom stereocenters. The van der Waals surface area contributed by atoms with Gasteiger partial charge in [-0.2, -0.15) is 0 Å². The summed E-state index contributed by atoms with van der Waals surface area (Å²) in [7, 11) is -3.36. The fourth-order valence-corrected chi connectivity index (χ4v) is 3.43. The van der Waals surface area contributed by atoms with Crippen molar-refractivity contribution in [2.24, 2.45) is 0 Å². The summed E-state index contributed by atoms with van der Waals surface area (Å²) in [6.07, 6.45) is 3.17. The fourth-order valence-electron chi connectivity index (χ4n) is 2.87. The summed E-state index contributed by atoms with van der Waals surface area (Å²) in [4.78, 5) is 11.6. The van der Waals surface area contributed by atoms with Crippen LogP contribution in [0.25, 0.3) is 11.1 Å². The summed E-state index contributed by atoms with van der Waals surface area (Å²) in [6.45, 7) is 1.91. The maximum atomic E-state index is 11.6. The van der Waals surface area contributed by atoms with Gasteiger partial charge >= 0.3 is 5.97 Å². The van der Waals surface area contributed by atoms with E-state index in [2.05, 4.69) is 4.72 Å². The first-order valence-electron chi connectivity index (χ1n) is 7.70. The summed E-state index contributed by atoms with van der Waals surface area (Å²) in [5, 5.41) is 9.50. The molecule has 1 saturated carbocycles. The lowest BCUT2D eigenvalue weighted by atomic mass is 9.94. The van der Waals surface area contributed by atoms with Crippen LogP contribution in [-0.2, 0) is 10.0 Å². The Balaban J connectivity index is 2.06. The Hall–Kier alpha value is -2.34. The predicted molar refractivity (Wildman–Crippen MR) is 94.0 cm³/mol. The monoisotopic (exact) mass is 345 g/mol. The molecule has 0 radical (unpaired) electrons. The standard InChI is InChI=1S/C18H19NO4S/c1-11-3-7-14(19-24(2,22)23)10-16(11)13-6-8-15(12-4-5-12)17(9-13)18(20)21/h3,6-10,12,19H,4-5H2,1-2H3,(H,20,21). The first-order valence-corrected chi connectivity index (χ1v) is 9.60. The van der Waals surface area contributed by atoms with Gasteiger partial charge in [-0.05, 0) is 66.1 Å². The Morgan fingerprint density at radius 2 is 1.88 bits per heavy atom. The topological polar surface area (TPSA) is 83.5 Å². The maximum Gasteiger partial charge on any atom is 0.335 e. The second kappa shape index (κ2) is 5.94. The first-order chi connectivity index (χ1) is 11.2. The molecule has 24 heavy (non-hydrogen) atoms. The van der Waals surface area contributed by atoms with Gasteiger partial charge in [0.15, 0.2) is 0 Å². The molecule has 3 rings (SSSR count). The van der Waals surface area contributed by atoms with Crippen molar-refractivity contribution >= 4 is 21.7 Å². The summed E-state index contributed by atoms with van der Waals surface area (Å²) >= 11 is 0. The van der Waals surface area contributed by atoms with Gasteiger partial charge in [-0.25, -0.2) is 13.2 Å². The van der Waals surface area contributed by atoms with Crippen molar-refractivity contribution in [3.05, 3.63) is 53.1 Å². The first kappa shape index (κ1) is 16.5. The van der Waals surface area contributed by atoms with E-state index in [1.165, 1.54) is 0 Å². The van der Waals surface area contributed by atoms with Gasteiger partial charge in [0.1, 0.15) is 0 Å². The molecule has 2 N–H and O–H groups in total. The van der Waals surface area contributed by atoms with E-state index < -0.39 is 16.0 Å². The number of hydrogen-bond donors (Lipinski definition) is 2. The molecule has 0 spiro atoms. The van der Waals surface area contributed by atoms with Crippen LogP contribution in [0.3, 0.4) is 0 Å². The molecule has 0 bridgehead atoms. The van der Waals surface area contributed by atoms with Crippen LogP contribution < -0.4 is 4.72 Å². The van der Waals surface area contributed by atoms with E-state index in [0.717, 1.165) is 41.4 Å². The predicted octanol–water partition coefficient (Wildman–Crippen LogP) is 3.61. The number of aromatic carboxylic acids is 1. The van der Waals surface area contributed by atoms with Crippen LogP contribution in [0, 0.1) is 6.92 Å². The highest BCUT2D eigenvalue weighted by Gasteiger charge is 2.28. The summed E-state index contributed by atoms with van der Waals surface area (Å²) in [5.74, 6) is -0.577. The Morgan fingerprint density at radius 3 is 2.46 bits per heavy atom. The zero-order valence-electron chi connectivity index (χ0n) is 13.5. The lowest BCUT2D eigenvalue weighted by Gasteiger charge is -2.12. The zero-order chi connectivity index (χ0) is 17.5. The molecule has 126 valence electrons. The van der Waals surface area contributed by atoms with Crippen molar-refractivity contribution in [1.29, 1.82) is 0 Å². The molecule has 5 nitrogen and oxygen atoms in total. The second-order valence-electron chi connectivity index (χ2n) is 6.29. The lowest BCUT2D eigenvalue weighted by Crippen LogP contribution is -2.09. The highest BCUT2D eigenvalue weighted by atomic mass is 32.2. The molecule has 0 amide bonds. The molecular formula is C18H19NO4S. The Bertz CT molecular complexity index is 915. The number of carbonyl (C=O) groups is 1. The number of carboxylic acids is 1. The van der Waals surface area contributed by atoms with Crippen LogP contribution in [0.15, 0.2) is 36.4 Å². The van der Waals surface area contributed by atoms with Crippen molar-refractivity contribution in [2.75, 3.05) is 11.0 Å². The van der Waals surface area contributed by atoms with Crippen molar-refractivity contribution in [3.8, 4) is 11.1 Å². The summed E-state index contributed by atoms with van der Waals surface area (Å²) in [6, 6.07) is 10.7. The number of carboxylic acid groups (broad SMARTS) is 1. The van der Waals surface area contributed by atoms with E-state index in [0.29, 0.717) is 17.2 Å². The van der Waals surface area contributed by atoms with Crippen LogP contribution >= 0.6 is 0 Å². The largest absolute Gasteiger partial charge is 0.478 e. The van der Waals surface area contributed by atoms with Crippen LogP contribution in [0.2, 0.25) is 0 Å². The van der Waals surface area contributed by atoms with Crippen LogP contribution in [0.1, 0.15) is 40.2 Å². The zero-order valence-corrected chi connectivity index (χ0v) is 14.4. The Labute approximate surface area is 141 Å². The minimum absolute atomic E-state index is 0.330. The van der Waals surface area contributed by atoms with Gasteiger partial charge in [-0.15, -0.1) is 0 Å². The molecule has 1 aliphatic rings. The molecule has 6 heteroatoms. The molecule has 0 heterocycles. The SMILES string of the molecule is Cc1ccc(NS(C)(=O)=O)cc1-c1ccc(C2CC2)c(C(=O)O)c1. The van der Waals surface area contributed by atoms with E-state index in [9.17, 15) is 18.3 Å². The van der Waals surface area contributed by atoms with Gasteiger partial charge in [0.2, 0.25) is 10.0 Å². The van der Waals surface area contributed by atoms with Gasteiger partial charge < -0.3 is 5.11 Å². The Morgan fingerprint density at radius 1 is 1.17 bits per heavy atom. The van der Waals surface area contributed by atoms with E-state index in [1.54, 1.807) is 18.2 Å². The molecule has 0 aromatic heterocycles. The van der Waals surface area contributed by atoms with Crippen molar-refractivity contribution in [3.63, 3.8) is 0 Å². The van der Waals surface area contributed by atoms with E-state index in [4.69, 9.17) is 0 Å². The summed E-state index contributed by atoms with van der Waals surface area (Å²) in [5.41, 5.74) is 4.20. The fraction of sp³-hybridized carbons (Fsp3) is 0.278. The Kier molecular flexibility index (Phi) is 4.09. The second-order valence-corrected chi connectivity index (χ2v) is 8.03. The average molecular weight is 345 g/mol. The van der Waals surface area contributed by atoms with Gasteiger partial charge in [0.25, 0.3) is 0 Å². The number of aryl methyl sites for hydroxylation is 1. The number of benzene rings is 2. The van der Waals surface area contributed by atoms with Crippen molar-refractivity contribution < 1.29 is 18.3 Å². The highest BCUT2D eigenvalue weighted by Crippen LogP contribution is 2.42. The van der Waals surface area contributed by atoms with Crippen LogP contribution in [0.5, 0.6) is 0 Å². The third-order valence-electron chi connectivity index (χ3n) is 4.15. The minimum Gasteiger partial charge on any atom is -0.478 e. The smallest absolute Gasteiger partial charge is 0.335 e.